The molecule has 0 unspecified atom stereocenters. The van der Waals surface area contributed by atoms with E-state index in [2.05, 4.69) is 68.4 Å². The van der Waals surface area contributed by atoms with Crippen molar-refractivity contribution in [1.82, 2.24) is 0 Å². The van der Waals surface area contributed by atoms with Crippen molar-refractivity contribution in [3.63, 3.8) is 0 Å². The third-order valence-electron chi connectivity index (χ3n) is 3.72. The summed E-state index contributed by atoms with van der Waals surface area (Å²) in [5, 5.41) is 0. The third kappa shape index (κ3) is 1.76. The molecule has 0 amide bonds. The minimum Gasteiger partial charge on any atom is -0.285 e. The third-order valence-corrected chi connectivity index (χ3v) is 3.72. The van der Waals surface area contributed by atoms with Crippen LogP contribution in [0.1, 0.15) is 36.5 Å². The first-order valence-corrected chi connectivity index (χ1v) is 6.46. The molecule has 0 bridgehead atoms. The molecule has 0 saturated carbocycles. The summed E-state index contributed by atoms with van der Waals surface area (Å²) in [4.78, 5) is 4.80. The highest BCUT2D eigenvalue weighted by molar-refractivity contribution is 6.01. The lowest BCUT2D eigenvalue weighted by atomic mass is 9.80. The number of hydrogen-bond acceptors (Lipinski definition) is 1. The summed E-state index contributed by atoms with van der Waals surface area (Å²) < 4.78 is 0. The van der Waals surface area contributed by atoms with Gasteiger partial charge in [-0.15, -0.1) is 0 Å². The van der Waals surface area contributed by atoms with Crippen molar-refractivity contribution in [2.24, 2.45) is 4.99 Å². The molecule has 2 atom stereocenters. The molecular weight excluding hydrogens is 218 g/mol. The molecule has 0 saturated heterocycles. The van der Waals surface area contributed by atoms with Crippen LogP contribution >= 0.6 is 0 Å². The van der Waals surface area contributed by atoms with Gasteiger partial charge in [0, 0.05) is 11.6 Å². The fraction of sp³-hybridized carbons (Fsp3) is 0.235. The summed E-state index contributed by atoms with van der Waals surface area (Å²) in [7, 11) is 0. The number of hydrogen-bond donors (Lipinski definition) is 0. The maximum atomic E-state index is 4.80. The van der Waals surface area contributed by atoms with Gasteiger partial charge in [0.2, 0.25) is 0 Å². The van der Waals surface area contributed by atoms with Crippen molar-refractivity contribution < 1.29 is 0 Å². The van der Waals surface area contributed by atoms with E-state index in [4.69, 9.17) is 4.99 Å². The van der Waals surface area contributed by atoms with Crippen molar-refractivity contribution in [2.75, 3.05) is 0 Å². The lowest BCUT2D eigenvalue weighted by Gasteiger charge is -2.29. The monoisotopic (exact) mass is 235 g/mol. The Morgan fingerprint density at radius 1 is 0.889 bits per heavy atom. The number of rotatable bonds is 1. The van der Waals surface area contributed by atoms with Crippen molar-refractivity contribution in [1.29, 1.82) is 0 Å². The van der Waals surface area contributed by atoms with Gasteiger partial charge in [-0.3, -0.25) is 4.99 Å². The molecule has 0 N–H and O–H groups in total. The van der Waals surface area contributed by atoms with E-state index in [1.165, 1.54) is 16.7 Å². The minimum atomic E-state index is 0.308. The van der Waals surface area contributed by atoms with Crippen LogP contribution in [0.4, 0.5) is 0 Å². The van der Waals surface area contributed by atoms with Gasteiger partial charge in [0.25, 0.3) is 0 Å². The zero-order valence-corrected chi connectivity index (χ0v) is 10.8. The maximum Gasteiger partial charge on any atom is 0.0584 e. The van der Waals surface area contributed by atoms with E-state index in [1.54, 1.807) is 0 Å². The summed E-state index contributed by atoms with van der Waals surface area (Å²) in [6, 6.07) is 19.6. The predicted molar refractivity (Wildman–Crippen MR) is 76.4 cm³/mol. The standard InChI is InChI=1S/C17H17N/c1-12-15-10-6-7-11-16(15)17(13(2)18-12)14-8-4-3-5-9-14/h3-11,13,17H,1-2H3/t13-,17+/m0/s1. The summed E-state index contributed by atoms with van der Waals surface area (Å²) in [6.07, 6.45) is 0. The lowest BCUT2D eigenvalue weighted by molar-refractivity contribution is 0.636. The first kappa shape index (κ1) is 11.2. The fourth-order valence-electron chi connectivity index (χ4n) is 2.93. The zero-order chi connectivity index (χ0) is 12.5. The van der Waals surface area contributed by atoms with E-state index in [9.17, 15) is 0 Å². The van der Waals surface area contributed by atoms with Crippen LogP contribution in [0.25, 0.3) is 0 Å². The highest BCUT2D eigenvalue weighted by Crippen LogP contribution is 2.35. The molecule has 0 aromatic heterocycles. The first-order chi connectivity index (χ1) is 8.77. The van der Waals surface area contributed by atoms with Crippen molar-refractivity contribution in [2.45, 2.75) is 25.8 Å². The highest BCUT2D eigenvalue weighted by atomic mass is 14.8. The van der Waals surface area contributed by atoms with Crippen LogP contribution in [0.15, 0.2) is 59.6 Å². The average molecular weight is 235 g/mol. The van der Waals surface area contributed by atoms with E-state index in [0.29, 0.717) is 12.0 Å². The van der Waals surface area contributed by atoms with Crippen LogP contribution in [0.2, 0.25) is 0 Å². The molecule has 1 aliphatic rings. The molecule has 90 valence electrons. The molecule has 2 aromatic carbocycles. The van der Waals surface area contributed by atoms with Gasteiger partial charge in [-0.05, 0) is 30.5 Å². The molecule has 0 spiro atoms. The van der Waals surface area contributed by atoms with Crippen molar-refractivity contribution in [3.8, 4) is 0 Å². The molecule has 2 aromatic rings. The molecule has 1 nitrogen and oxygen atoms in total. The van der Waals surface area contributed by atoms with Crippen LogP contribution in [0, 0.1) is 0 Å². The second-order valence-corrected chi connectivity index (χ2v) is 4.93. The van der Waals surface area contributed by atoms with Crippen LogP contribution in [0.3, 0.4) is 0 Å². The Morgan fingerprint density at radius 3 is 2.33 bits per heavy atom. The largest absolute Gasteiger partial charge is 0.285 e. The first-order valence-electron chi connectivity index (χ1n) is 6.46. The van der Waals surface area contributed by atoms with Crippen molar-refractivity contribution in [3.05, 3.63) is 71.3 Å². The smallest absolute Gasteiger partial charge is 0.0584 e. The van der Waals surface area contributed by atoms with Gasteiger partial charge >= 0.3 is 0 Å². The van der Waals surface area contributed by atoms with Gasteiger partial charge in [0.1, 0.15) is 0 Å². The average Bonchev–Trinajstić information content (AvgIpc) is 2.40. The molecule has 3 rings (SSSR count). The van der Waals surface area contributed by atoms with Gasteiger partial charge in [0.05, 0.1) is 6.04 Å². The molecule has 1 heteroatoms. The van der Waals surface area contributed by atoms with Crippen LogP contribution < -0.4 is 0 Å². The van der Waals surface area contributed by atoms with Gasteiger partial charge in [-0.25, -0.2) is 0 Å². The summed E-state index contributed by atoms with van der Waals surface area (Å²) in [6.45, 7) is 4.31. The Labute approximate surface area is 108 Å². The highest BCUT2D eigenvalue weighted by Gasteiger charge is 2.27. The molecular formula is C17H17N. The molecule has 18 heavy (non-hydrogen) atoms. The number of fused-ring (bicyclic) bond motifs is 1. The second kappa shape index (κ2) is 4.41. The molecule has 1 aliphatic heterocycles. The van der Waals surface area contributed by atoms with Crippen LogP contribution in [0.5, 0.6) is 0 Å². The van der Waals surface area contributed by atoms with Crippen LogP contribution in [-0.4, -0.2) is 11.8 Å². The normalized spacial score (nSPS) is 22.2. The predicted octanol–water partition coefficient (Wildman–Crippen LogP) is 4.03. The van der Waals surface area contributed by atoms with Gasteiger partial charge in [-0.2, -0.15) is 0 Å². The minimum absolute atomic E-state index is 0.308. The van der Waals surface area contributed by atoms with E-state index in [-0.39, 0.29) is 0 Å². The Kier molecular flexibility index (Phi) is 2.75. The van der Waals surface area contributed by atoms with Gasteiger partial charge in [0.15, 0.2) is 0 Å². The van der Waals surface area contributed by atoms with E-state index in [0.717, 1.165) is 5.71 Å². The lowest BCUT2D eigenvalue weighted by Crippen LogP contribution is -2.23. The topological polar surface area (TPSA) is 12.4 Å². The molecule has 1 heterocycles. The Morgan fingerprint density at radius 2 is 1.56 bits per heavy atom. The second-order valence-electron chi connectivity index (χ2n) is 4.93. The van der Waals surface area contributed by atoms with Gasteiger partial charge < -0.3 is 0 Å². The van der Waals surface area contributed by atoms with E-state index < -0.39 is 0 Å². The van der Waals surface area contributed by atoms with Crippen molar-refractivity contribution >= 4 is 5.71 Å². The maximum absolute atomic E-state index is 4.80. The Hall–Kier alpha value is -1.89. The van der Waals surface area contributed by atoms with E-state index in [1.807, 2.05) is 0 Å². The van der Waals surface area contributed by atoms with E-state index >= 15 is 0 Å². The fourth-order valence-corrected chi connectivity index (χ4v) is 2.93. The summed E-state index contributed by atoms with van der Waals surface area (Å²) >= 11 is 0. The molecule has 0 aliphatic carbocycles. The zero-order valence-electron chi connectivity index (χ0n) is 10.8. The van der Waals surface area contributed by atoms with Gasteiger partial charge in [-0.1, -0.05) is 54.6 Å². The quantitative estimate of drug-likeness (QED) is 0.707. The van der Waals surface area contributed by atoms with Crippen LogP contribution in [-0.2, 0) is 0 Å². The molecule has 0 radical (unpaired) electrons. The Balaban J connectivity index is 2.17. The number of aliphatic imine (C=N–C) groups is 1. The molecule has 0 fully saturated rings. The summed E-state index contributed by atoms with van der Waals surface area (Å²) in [5.41, 5.74) is 5.21. The summed E-state index contributed by atoms with van der Waals surface area (Å²) in [5.74, 6) is 0.381. The number of benzene rings is 2. The SMILES string of the molecule is CC1=N[C@@H](C)[C@H](c2ccccc2)c2ccccc21. The number of nitrogens with zero attached hydrogens (tertiary/aromatic N) is 1. The Bertz CT molecular complexity index is 584.